The summed E-state index contributed by atoms with van der Waals surface area (Å²) in [5.41, 5.74) is 0. The Morgan fingerprint density at radius 2 is 2.00 bits per heavy atom. The minimum atomic E-state index is -0.192. The number of esters is 1. The summed E-state index contributed by atoms with van der Waals surface area (Å²) in [5.74, 6) is -0.108. The molecular formula is C13H20N4O3. The molecule has 7 nitrogen and oxygen atoms in total. The monoisotopic (exact) mass is 280 g/mol. The van der Waals surface area contributed by atoms with Crippen LogP contribution in [0.1, 0.15) is 6.42 Å². The van der Waals surface area contributed by atoms with Crippen LogP contribution in [0.3, 0.4) is 0 Å². The van der Waals surface area contributed by atoms with E-state index in [0.29, 0.717) is 26.1 Å². The molecule has 0 saturated carbocycles. The second-order valence-corrected chi connectivity index (χ2v) is 4.75. The molecule has 0 spiro atoms. The van der Waals surface area contributed by atoms with Crippen molar-refractivity contribution in [2.24, 2.45) is 0 Å². The van der Waals surface area contributed by atoms with Crippen LogP contribution in [0.25, 0.3) is 0 Å². The van der Waals surface area contributed by atoms with Gasteiger partial charge < -0.3 is 9.64 Å². The Kier molecular flexibility index (Phi) is 5.11. The number of carbonyl (C=O) groups is 2. The lowest BCUT2D eigenvalue weighted by atomic mass is 10.3. The summed E-state index contributed by atoms with van der Waals surface area (Å²) in [6, 6.07) is 1.80. The molecule has 0 atom stereocenters. The number of aromatic nitrogens is 2. The fourth-order valence-electron chi connectivity index (χ4n) is 2.20. The molecule has 20 heavy (non-hydrogen) atoms. The number of rotatable bonds is 5. The molecule has 1 amide bonds. The first-order valence-corrected chi connectivity index (χ1v) is 6.73. The Bertz CT molecular complexity index is 438. The summed E-state index contributed by atoms with van der Waals surface area (Å²) < 4.78 is 6.25. The number of hydrogen-bond donors (Lipinski definition) is 0. The number of hydrogen-bond acceptors (Lipinski definition) is 5. The van der Waals surface area contributed by atoms with Gasteiger partial charge in [0, 0.05) is 45.1 Å². The molecule has 1 saturated heterocycles. The van der Waals surface area contributed by atoms with Crippen LogP contribution in [0.5, 0.6) is 0 Å². The average molecular weight is 280 g/mol. The van der Waals surface area contributed by atoms with Gasteiger partial charge in [-0.05, 0) is 6.07 Å². The van der Waals surface area contributed by atoms with Gasteiger partial charge in [0.2, 0.25) is 5.91 Å². The van der Waals surface area contributed by atoms with Crippen LogP contribution in [0.2, 0.25) is 0 Å². The lowest BCUT2D eigenvalue weighted by Crippen LogP contribution is -2.49. The zero-order valence-corrected chi connectivity index (χ0v) is 11.7. The highest BCUT2D eigenvalue weighted by Gasteiger charge is 2.21. The van der Waals surface area contributed by atoms with E-state index >= 15 is 0 Å². The summed E-state index contributed by atoms with van der Waals surface area (Å²) in [7, 11) is 1.40. The molecule has 2 heterocycles. The van der Waals surface area contributed by atoms with Crippen LogP contribution in [-0.2, 0) is 20.9 Å². The van der Waals surface area contributed by atoms with Gasteiger partial charge in [-0.25, -0.2) is 0 Å². The van der Waals surface area contributed by atoms with Crippen molar-refractivity contribution in [3.05, 3.63) is 18.5 Å². The van der Waals surface area contributed by atoms with Crippen molar-refractivity contribution in [1.82, 2.24) is 19.6 Å². The van der Waals surface area contributed by atoms with Crippen molar-refractivity contribution in [3.8, 4) is 0 Å². The van der Waals surface area contributed by atoms with Crippen LogP contribution < -0.4 is 0 Å². The van der Waals surface area contributed by atoms with E-state index in [1.807, 2.05) is 4.90 Å². The molecule has 1 fully saturated rings. The molecule has 0 radical (unpaired) electrons. The van der Waals surface area contributed by atoms with E-state index in [-0.39, 0.29) is 18.4 Å². The molecule has 0 aliphatic carbocycles. The van der Waals surface area contributed by atoms with Crippen molar-refractivity contribution in [2.45, 2.75) is 13.0 Å². The summed E-state index contributed by atoms with van der Waals surface area (Å²) in [5, 5.41) is 4.03. The summed E-state index contributed by atoms with van der Waals surface area (Å²) in [4.78, 5) is 27.2. The molecule has 7 heteroatoms. The predicted molar refractivity (Wildman–Crippen MR) is 71.9 cm³/mol. The van der Waals surface area contributed by atoms with Gasteiger partial charge in [0.1, 0.15) is 6.54 Å². The van der Waals surface area contributed by atoms with E-state index in [0.717, 1.165) is 13.1 Å². The molecule has 0 N–H and O–H groups in total. The van der Waals surface area contributed by atoms with Crippen LogP contribution in [0.15, 0.2) is 18.5 Å². The fraction of sp³-hybridized carbons (Fsp3) is 0.615. The minimum Gasteiger partial charge on any atom is -0.469 e. The smallest absolute Gasteiger partial charge is 0.306 e. The van der Waals surface area contributed by atoms with E-state index in [9.17, 15) is 9.59 Å². The van der Waals surface area contributed by atoms with Crippen LogP contribution in [-0.4, -0.2) is 71.3 Å². The van der Waals surface area contributed by atoms with Crippen molar-refractivity contribution in [1.29, 1.82) is 0 Å². The zero-order chi connectivity index (χ0) is 14.4. The predicted octanol–water partition coefficient (Wildman–Crippen LogP) is -0.410. The Balaban J connectivity index is 1.71. The van der Waals surface area contributed by atoms with Gasteiger partial charge in [0.25, 0.3) is 0 Å². The molecule has 0 aromatic carbocycles. The lowest BCUT2D eigenvalue weighted by Gasteiger charge is -2.34. The van der Waals surface area contributed by atoms with Crippen LogP contribution in [0, 0.1) is 0 Å². The van der Waals surface area contributed by atoms with Crippen LogP contribution >= 0.6 is 0 Å². The molecule has 1 aliphatic rings. The second kappa shape index (κ2) is 7.04. The lowest BCUT2D eigenvalue weighted by molar-refractivity contribution is -0.141. The number of ether oxygens (including phenoxy) is 1. The molecule has 1 aromatic rings. The zero-order valence-electron chi connectivity index (χ0n) is 11.7. The first-order valence-electron chi connectivity index (χ1n) is 6.73. The van der Waals surface area contributed by atoms with Gasteiger partial charge >= 0.3 is 5.97 Å². The van der Waals surface area contributed by atoms with Crippen molar-refractivity contribution < 1.29 is 14.3 Å². The molecule has 2 rings (SSSR count). The van der Waals surface area contributed by atoms with Gasteiger partial charge in [-0.1, -0.05) is 0 Å². The van der Waals surface area contributed by atoms with Crippen molar-refractivity contribution >= 4 is 11.9 Å². The highest BCUT2D eigenvalue weighted by Crippen LogP contribution is 2.04. The number of methoxy groups -OCH3 is 1. The Morgan fingerprint density at radius 1 is 1.25 bits per heavy atom. The third kappa shape index (κ3) is 4.06. The van der Waals surface area contributed by atoms with Gasteiger partial charge in [0.05, 0.1) is 13.5 Å². The normalized spacial score (nSPS) is 16.1. The molecule has 1 aliphatic heterocycles. The van der Waals surface area contributed by atoms with E-state index in [1.54, 1.807) is 23.1 Å². The highest BCUT2D eigenvalue weighted by molar-refractivity contribution is 5.76. The summed E-state index contributed by atoms with van der Waals surface area (Å²) >= 11 is 0. The SMILES string of the molecule is COC(=O)CCN1CCN(C(=O)Cn2cccn2)CC1. The molecule has 0 bridgehead atoms. The minimum absolute atomic E-state index is 0.0846. The Labute approximate surface area is 118 Å². The van der Waals surface area contributed by atoms with E-state index in [2.05, 4.69) is 14.7 Å². The maximum absolute atomic E-state index is 12.1. The Morgan fingerprint density at radius 3 is 2.60 bits per heavy atom. The molecule has 0 unspecified atom stereocenters. The maximum Gasteiger partial charge on any atom is 0.306 e. The highest BCUT2D eigenvalue weighted by atomic mass is 16.5. The summed E-state index contributed by atoms with van der Waals surface area (Å²) in [6.45, 7) is 3.95. The largest absolute Gasteiger partial charge is 0.469 e. The van der Waals surface area contributed by atoms with Gasteiger partial charge in [-0.2, -0.15) is 5.10 Å². The number of piperazine rings is 1. The van der Waals surface area contributed by atoms with Crippen LogP contribution in [0.4, 0.5) is 0 Å². The first-order chi connectivity index (χ1) is 9.69. The standard InChI is InChI=1S/C13H20N4O3/c1-20-13(19)3-6-15-7-9-16(10-8-15)12(18)11-17-5-2-4-14-17/h2,4-5H,3,6-11H2,1H3. The molecule has 110 valence electrons. The Hall–Kier alpha value is -1.89. The van der Waals surface area contributed by atoms with Gasteiger partial charge in [0.15, 0.2) is 0 Å². The number of amides is 1. The number of nitrogens with zero attached hydrogens (tertiary/aromatic N) is 4. The van der Waals surface area contributed by atoms with Crippen molar-refractivity contribution in [3.63, 3.8) is 0 Å². The quantitative estimate of drug-likeness (QED) is 0.686. The van der Waals surface area contributed by atoms with Crippen molar-refractivity contribution in [2.75, 3.05) is 39.8 Å². The fourth-order valence-corrected chi connectivity index (χ4v) is 2.20. The molecule has 1 aromatic heterocycles. The van der Waals surface area contributed by atoms with Gasteiger partial charge in [-0.15, -0.1) is 0 Å². The summed E-state index contributed by atoms with van der Waals surface area (Å²) in [6.07, 6.45) is 3.85. The van der Waals surface area contributed by atoms with Gasteiger partial charge in [-0.3, -0.25) is 19.2 Å². The van der Waals surface area contributed by atoms with E-state index < -0.39 is 0 Å². The third-order valence-electron chi connectivity index (χ3n) is 3.44. The maximum atomic E-state index is 12.1. The molecular weight excluding hydrogens is 260 g/mol. The second-order valence-electron chi connectivity index (χ2n) is 4.75. The average Bonchev–Trinajstić information content (AvgIpc) is 2.98. The third-order valence-corrected chi connectivity index (χ3v) is 3.44. The first kappa shape index (κ1) is 14.5. The number of carbonyl (C=O) groups excluding carboxylic acids is 2. The van der Waals surface area contributed by atoms with E-state index in [1.165, 1.54) is 7.11 Å². The topological polar surface area (TPSA) is 67.7 Å². The van der Waals surface area contributed by atoms with E-state index in [4.69, 9.17) is 0 Å².